The van der Waals surface area contributed by atoms with Crippen molar-refractivity contribution >= 4 is 121 Å². The normalized spacial score (nSPS) is 22.9. The van der Waals surface area contributed by atoms with Crippen molar-refractivity contribution in [2.45, 2.75) is 132 Å². The van der Waals surface area contributed by atoms with Crippen LogP contribution in [0.4, 0.5) is 0 Å². The molecule has 6 rings (SSSR count). The van der Waals surface area contributed by atoms with E-state index in [1.807, 2.05) is 0 Å². The number of phenolic OH excluding ortho intramolecular Hbond substituents is 1. The van der Waals surface area contributed by atoms with E-state index in [2.05, 4.69) is 63.1 Å². The maximum absolute atomic E-state index is 14.9. The summed E-state index contributed by atoms with van der Waals surface area (Å²) in [5.41, 5.74) is 24.7. The molecular formula is C63H86ClN17O15S2. The van der Waals surface area contributed by atoms with Crippen molar-refractivity contribution < 1.29 is 72.9 Å². The van der Waals surface area contributed by atoms with E-state index in [9.17, 15) is 72.9 Å². The van der Waals surface area contributed by atoms with E-state index >= 15 is 0 Å². The molecule has 22 N–H and O–H groups in total. The number of fused-ring (bicyclic) bond motifs is 1. The number of nitrogens with two attached hydrogens (primary N) is 4. The summed E-state index contributed by atoms with van der Waals surface area (Å²) in [6, 6.07) is 4.01. The van der Waals surface area contributed by atoms with Crippen LogP contribution in [-0.2, 0) is 76.8 Å². The molecule has 98 heavy (non-hydrogen) atoms. The fourth-order valence-electron chi connectivity index (χ4n) is 10.6. The summed E-state index contributed by atoms with van der Waals surface area (Å²) >= 11 is 6.22. The highest BCUT2D eigenvalue weighted by molar-refractivity contribution is 8.76. The zero-order chi connectivity index (χ0) is 71.6. The van der Waals surface area contributed by atoms with E-state index in [1.165, 1.54) is 29.2 Å². The van der Waals surface area contributed by atoms with Gasteiger partial charge in [0.1, 0.15) is 66.2 Å². The molecule has 0 spiro atoms. The molecule has 3 heterocycles. The highest BCUT2D eigenvalue weighted by atomic mass is 35.5. The Kier molecular flexibility index (Phi) is 30.7. The third-order valence-electron chi connectivity index (χ3n) is 15.9. The highest BCUT2D eigenvalue weighted by Crippen LogP contribution is 2.25. The van der Waals surface area contributed by atoms with Gasteiger partial charge in [-0.3, -0.25) is 62.5 Å². The van der Waals surface area contributed by atoms with Gasteiger partial charge in [-0.2, -0.15) is 0 Å². The monoisotopic (exact) mass is 1420 g/mol. The van der Waals surface area contributed by atoms with Gasteiger partial charge in [-0.1, -0.05) is 89.5 Å². The minimum Gasteiger partial charge on any atom is -0.508 e. The number of carbonyl (C=O) groups is 12. The molecule has 12 amide bonds. The summed E-state index contributed by atoms with van der Waals surface area (Å²) in [6.07, 6.45) is 1.11. The molecular weight excluding hydrogens is 1330 g/mol. The molecule has 0 radical (unpaired) electrons. The topological polar surface area (TPSA) is 521 Å². The van der Waals surface area contributed by atoms with Gasteiger partial charge in [0, 0.05) is 91.9 Å². The Balaban J connectivity index is 1.37. The number of guanidine groups is 1. The van der Waals surface area contributed by atoms with Gasteiger partial charge in [0.25, 0.3) is 0 Å². The summed E-state index contributed by atoms with van der Waals surface area (Å²) in [7, 11) is 1.76. The van der Waals surface area contributed by atoms with E-state index in [-0.39, 0.29) is 93.7 Å². The maximum Gasteiger partial charge on any atom is 0.245 e. The quantitative estimate of drug-likeness (QED) is 0.0175. The van der Waals surface area contributed by atoms with Crippen LogP contribution in [0.15, 0.2) is 84.0 Å². The van der Waals surface area contributed by atoms with Crippen LogP contribution in [0.3, 0.4) is 0 Å². The van der Waals surface area contributed by atoms with E-state index in [0.29, 0.717) is 39.0 Å². The lowest BCUT2D eigenvalue weighted by Gasteiger charge is -2.29. The van der Waals surface area contributed by atoms with E-state index < -0.39 is 157 Å². The number of aliphatic hydroxyl groups is 2. The molecule has 0 aliphatic carbocycles. The number of amides is 12. The van der Waals surface area contributed by atoms with Crippen LogP contribution < -0.4 is 76.1 Å². The molecule has 2 aliphatic heterocycles. The van der Waals surface area contributed by atoms with Gasteiger partial charge < -0.3 is 101 Å². The maximum atomic E-state index is 14.9. The first-order chi connectivity index (χ1) is 46.8. The van der Waals surface area contributed by atoms with Gasteiger partial charge in [-0.25, -0.2) is 0 Å². The average Bonchev–Trinajstić information content (AvgIpc) is 1.59. The van der Waals surface area contributed by atoms with Crippen molar-refractivity contribution in [3.05, 3.63) is 101 Å². The number of hydrogen-bond donors (Lipinski definition) is 18. The summed E-state index contributed by atoms with van der Waals surface area (Å²) < 4.78 is 0. The first-order valence-electron chi connectivity index (χ1n) is 31.7. The lowest BCUT2D eigenvalue weighted by atomic mass is 10.00. The highest BCUT2D eigenvalue weighted by Gasteiger charge is 2.39. The molecule has 532 valence electrons. The molecule has 10 atom stereocenters. The first kappa shape index (κ1) is 77.8. The molecule has 3 aromatic carbocycles. The van der Waals surface area contributed by atoms with Crippen molar-refractivity contribution in [3.8, 4) is 5.75 Å². The van der Waals surface area contributed by atoms with Gasteiger partial charge in [-0.15, -0.1) is 0 Å². The number of rotatable bonds is 20. The summed E-state index contributed by atoms with van der Waals surface area (Å²) in [5, 5.41) is 57.8. The number of likely N-dealkylation sites (tertiary alicyclic amines) is 1. The molecule has 32 nitrogen and oxygen atoms in total. The Hall–Kier alpha value is -9.22. The molecule has 2 saturated heterocycles. The van der Waals surface area contributed by atoms with Crippen LogP contribution in [0.25, 0.3) is 10.9 Å². The zero-order valence-electron chi connectivity index (χ0n) is 54.0. The first-order valence-corrected chi connectivity index (χ1v) is 34.5. The number of aliphatic imine (C=N–C) groups is 1. The number of aromatic nitrogens is 1. The number of H-pyrrole nitrogens is 1. The summed E-state index contributed by atoms with van der Waals surface area (Å²) in [5.74, 6) is -12.5. The Morgan fingerprint density at radius 2 is 1.33 bits per heavy atom. The van der Waals surface area contributed by atoms with Gasteiger partial charge in [-0.05, 0) is 78.6 Å². The molecule has 1 aromatic heterocycles. The molecule has 0 bridgehead atoms. The third kappa shape index (κ3) is 23.8. The molecule has 2 aliphatic rings. The van der Waals surface area contributed by atoms with Gasteiger partial charge in [0.15, 0.2) is 5.96 Å². The van der Waals surface area contributed by atoms with Crippen LogP contribution in [-0.4, -0.2) is 213 Å². The number of halogens is 1. The number of aromatic amines is 1. The van der Waals surface area contributed by atoms with Gasteiger partial charge >= 0.3 is 0 Å². The third-order valence-corrected chi connectivity index (χ3v) is 18.6. The number of aromatic hydroxyl groups is 1. The minimum atomic E-state index is -1.79. The number of nitrogens with zero attached hydrogens (tertiary/aromatic N) is 2. The Labute approximate surface area is 577 Å². The minimum absolute atomic E-state index is 0.00852. The number of nitrogens with one attached hydrogen (secondary N) is 11. The summed E-state index contributed by atoms with van der Waals surface area (Å²) in [4.78, 5) is 178. The smallest absolute Gasteiger partial charge is 0.245 e. The SMILES string of the molecule is CC(C)[C@@H]1NC(=O)[C@@H](NC(=O)[C@H](Cc2ccc(O)cc2)NC(=O)[C@@H]2CCCN2C(=O)CCN)CSSC[C@@H](C(N)=O)NC(=O)[C@H](CO)NC(=O)[C@H](Cc2c[nH]c3ccccc23)NC(=O)[C@H](CO)NC(=O)CCNC(=O)[C@H](CCCN=C(N)N)NC(=O)[C@H](Cc2ccc(Cl)cc2)NC1=O. The number of primary amides is 1. The Morgan fingerprint density at radius 3 is 1.99 bits per heavy atom. The van der Waals surface area contributed by atoms with Crippen molar-refractivity contribution in [1.82, 2.24) is 63.1 Å². The predicted molar refractivity (Wildman–Crippen MR) is 365 cm³/mol. The lowest BCUT2D eigenvalue weighted by molar-refractivity contribution is -0.139. The molecule has 0 saturated carbocycles. The zero-order valence-corrected chi connectivity index (χ0v) is 56.4. The van der Waals surface area contributed by atoms with Gasteiger partial charge in [0.2, 0.25) is 70.9 Å². The fraction of sp³-hybridized carbons (Fsp3) is 0.476. The van der Waals surface area contributed by atoms with Crippen LogP contribution in [0.2, 0.25) is 5.02 Å². The standard InChI is InChI=1S/C63H86ClN17O15S2/c1-33(2)52-62(96)76-43(25-34-11-15-37(64)16-12-34)55(89)73-41(9-5-22-70-63(67)68)54(88)69-23-20-50(85)72-45(29-82)58(92)74-44(27-36-28-71-40-8-4-3-7-39(36)40)57(91)77-46(30-83)59(93)78-47(53(66)87)31-97-98-32-48(60(94)80-52)79-56(90)42(26-35-13-17-38(84)18-14-35)75-61(95)49-10-6-24-81(49)51(86)19-21-65/h3-4,7-8,11-18,28,33,41-49,52,71,82-84H,5-6,9-10,19-27,29-32,65H2,1-2H3,(H2,66,87)(H,69,88)(H,72,85)(H,73,89)(H,74,92)(H,75,95)(H,76,96)(H,77,91)(H,78,93)(H,79,90)(H,80,94)(H4,67,68,70)/t41-,42-,43-,44-,45-,46-,47-,48-,49-,52-/m0/s1. The second-order valence-corrected chi connectivity index (χ2v) is 26.6. The van der Waals surface area contributed by atoms with Crippen molar-refractivity contribution in [2.24, 2.45) is 33.8 Å². The number of aliphatic hydroxyl groups excluding tert-OH is 2. The Bertz CT molecular complexity index is 3490. The number of carbonyl (C=O) groups excluding carboxylic acids is 12. The summed E-state index contributed by atoms with van der Waals surface area (Å²) in [6.45, 7) is 1.01. The van der Waals surface area contributed by atoms with Gasteiger partial charge in [0.05, 0.1) is 13.2 Å². The van der Waals surface area contributed by atoms with E-state index in [0.717, 1.165) is 21.6 Å². The second kappa shape index (κ2) is 38.7. The van der Waals surface area contributed by atoms with Crippen LogP contribution in [0, 0.1) is 5.92 Å². The number of hydrogen-bond acceptors (Lipinski definition) is 19. The second-order valence-electron chi connectivity index (χ2n) is 23.7. The molecule has 2 fully saturated rings. The molecule has 4 aromatic rings. The number of benzene rings is 3. The lowest BCUT2D eigenvalue weighted by Crippen LogP contribution is -2.61. The van der Waals surface area contributed by atoms with E-state index in [4.69, 9.17) is 34.5 Å². The largest absolute Gasteiger partial charge is 0.508 e. The fourth-order valence-corrected chi connectivity index (χ4v) is 13.1. The molecule has 35 heteroatoms. The van der Waals surface area contributed by atoms with Crippen molar-refractivity contribution in [2.75, 3.05) is 50.9 Å². The average molecular weight is 1420 g/mol. The van der Waals surface area contributed by atoms with Crippen molar-refractivity contribution in [1.29, 1.82) is 0 Å². The number of phenols is 1. The molecule has 0 unspecified atom stereocenters. The predicted octanol–water partition coefficient (Wildman–Crippen LogP) is -3.66. The van der Waals surface area contributed by atoms with Crippen LogP contribution in [0.5, 0.6) is 5.75 Å². The number of para-hydroxylation sites is 1. The van der Waals surface area contributed by atoms with E-state index in [1.54, 1.807) is 68.6 Å². The van der Waals surface area contributed by atoms with Crippen molar-refractivity contribution in [3.63, 3.8) is 0 Å². The Morgan fingerprint density at radius 1 is 0.714 bits per heavy atom. The van der Waals surface area contributed by atoms with Crippen LogP contribution >= 0.6 is 33.2 Å². The van der Waals surface area contributed by atoms with Crippen LogP contribution in [0.1, 0.15) is 69.1 Å².